The summed E-state index contributed by atoms with van der Waals surface area (Å²) in [6.07, 6.45) is 3.65. The molecule has 0 aliphatic heterocycles. The van der Waals surface area contributed by atoms with Gasteiger partial charge in [-0.1, -0.05) is 23.4 Å². The maximum atomic E-state index is 12.4. The van der Waals surface area contributed by atoms with Gasteiger partial charge in [-0.3, -0.25) is 9.48 Å². The van der Waals surface area contributed by atoms with E-state index in [0.717, 1.165) is 16.5 Å². The molecule has 2 heterocycles. The van der Waals surface area contributed by atoms with Crippen LogP contribution in [0.15, 0.2) is 47.5 Å². The monoisotopic (exact) mass is 284 g/mol. The molecule has 6 heteroatoms. The van der Waals surface area contributed by atoms with Crippen molar-refractivity contribution < 1.29 is 4.74 Å². The Morgan fingerprint density at radius 1 is 1.19 bits per heavy atom. The third-order valence-electron chi connectivity index (χ3n) is 3.33. The normalized spacial score (nSPS) is 11.1. The molecule has 2 aromatic heterocycles. The van der Waals surface area contributed by atoms with E-state index in [1.807, 2.05) is 42.7 Å². The molecule has 0 amide bonds. The quantitative estimate of drug-likeness (QED) is 0.711. The van der Waals surface area contributed by atoms with Crippen LogP contribution in [0.5, 0.6) is 0 Å². The Bertz CT molecular complexity index is 807. The van der Waals surface area contributed by atoms with E-state index in [1.165, 1.54) is 0 Å². The van der Waals surface area contributed by atoms with Gasteiger partial charge in [-0.2, -0.15) is 0 Å². The summed E-state index contributed by atoms with van der Waals surface area (Å²) in [5, 5.41) is 9.70. The number of aromatic nitrogens is 4. The molecule has 0 N–H and O–H groups in total. The van der Waals surface area contributed by atoms with Gasteiger partial charge in [0.1, 0.15) is 5.69 Å². The molecule has 0 aliphatic rings. The molecule has 108 valence electrons. The molecule has 1 aromatic carbocycles. The van der Waals surface area contributed by atoms with E-state index in [2.05, 4.69) is 10.3 Å². The van der Waals surface area contributed by atoms with Crippen molar-refractivity contribution in [2.75, 3.05) is 7.11 Å². The van der Waals surface area contributed by atoms with Crippen LogP contribution in [-0.2, 0) is 24.4 Å². The molecular formula is C15H16N4O2. The highest BCUT2D eigenvalue weighted by atomic mass is 16.5. The van der Waals surface area contributed by atoms with Crippen LogP contribution in [0.3, 0.4) is 0 Å². The third kappa shape index (κ3) is 2.85. The number of nitrogens with zero attached hydrogens (tertiary/aromatic N) is 4. The van der Waals surface area contributed by atoms with Crippen LogP contribution in [0, 0.1) is 0 Å². The molecule has 3 rings (SSSR count). The van der Waals surface area contributed by atoms with Crippen molar-refractivity contribution >= 4 is 10.8 Å². The topological polar surface area (TPSA) is 61.9 Å². The zero-order valence-electron chi connectivity index (χ0n) is 11.8. The largest absolute Gasteiger partial charge is 0.378 e. The number of rotatable bonds is 5. The fourth-order valence-electron chi connectivity index (χ4n) is 2.28. The van der Waals surface area contributed by atoms with Gasteiger partial charge >= 0.3 is 0 Å². The Labute approximate surface area is 121 Å². The van der Waals surface area contributed by atoms with Crippen LogP contribution in [0.4, 0.5) is 0 Å². The standard InChI is InChI=1S/C15H16N4O2/c1-21-11-13-10-19(17-16-13)9-8-18-7-6-12-4-2-3-5-14(12)15(18)20/h2-7,10H,8-9,11H2,1H3. The number of fused-ring (bicyclic) bond motifs is 1. The molecule has 6 nitrogen and oxygen atoms in total. The SMILES string of the molecule is COCc1cn(CCn2ccc3ccccc3c2=O)nn1. The number of aryl methyl sites for hydroxylation is 2. The van der Waals surface area contributed by atoms with Crippen LogP contribution >= 0.6 is 0 Å². The lowest BCUT2D eigenvalue weighted by molar-refractivity contribution is 0.181. The Hall–Kier alpha value is -2.47. The van der Waals surface area contributed by atoms with Gasteiger partial charge in [0.25, 0.3) is 5.56 Å². The zero-order valence-corrected chi connectivity index (χ0v) is 11.8. The number of methoxy groups -OCH3 is 1. The van der Waals surface area contributed by atoms with Crippen LogP contribution in [0.2, 0.25) is 0 Å². The van der Waals surface area contributed by atoms with E-state index in [9.17, 15) is 4.79 Å². The second-order valence-electron chi connectivity index (χ2n) is 4.81. The van der Waals surface area contributed by atoms with Gasteiger partial charge in [0, 0.05) is 25.2 Å². The average Bonchev–Trinajstić information content (AvgIpc) is 2.95. The molecule has 0 fully saturated rings. The fraction of sp³-hybridized carbons (Fsp3) is 0.267. The van der Waals surface area contributed by atoms with E-state index >= 15 is 0 Å². The summed E-state index contributed by atoms with van der Waals surface area (Å²) in [7, 11) is 1.62. The average molecular weight is 284 g/mol. The van der Waals surface area contributed by atoms with Crippen molar-refractivity contribution in [2.45, 2.75) is 19.7 Å². The van der Waals surface area contributed by atoms with Gasteiger partial charge in [-0.15, -0.1) is 5.10 Å². The third-order valence-corrected chi connectivity index (χ3v) is 3.33. The lowest BCUT2D eigenvalue weighted by Gasteiger charge is -2.06. The van der Waals surface area contributed by atoms with Crippen molar-refractivity contribution in [3.05, 3.63) is 58.8 Å². The van der Waals surface area contributed by atoms with Gasteiger partial charge in [0.2, 0.25) is 0 Å². The van der Waals surface area contributed by atoms with E-state index < -0.39 is 0 Å². The van der Waals surface area contributed by atoms with Crippen LogP contribution in [0.1, 0.15) is 5.69 Å². The first-order chi connectivity index (χ1) is 10.3. The van der Waals surface area contributed by atoms with Gasteiger partial charge < -0.3 is 9.30 Å². The van der Waals surface area contributed by atoms with Crippen molar-refractivity contribution in [3.63, 3.8) is 0 Å². The molecule has 0 saturated heterocycles. The van der Waals surface area contributed by atoms with Crippen molar-refractivity contribution in [1.29, 1.82) is 0 Å². The van der Waals surface area contributed by atoms with Gasteiger partial charge in [0.15, 0.2) is 0 Å². The first kappa shape index (κ1) is 13.5. The number of hydrogen-bond acceptors (Lipinski definition) is 4. The fourth-order valence-corrected chi connectivity index (χ4v) is 2.28. The summed E-state index contributed by atoms with van der Waals surface area (Å²) in [6.45, 7) is 1.59. The highest BCUT2D eigenvalue weighted by Gasteiger charge is 2.04. The lowest BCUT2D eigenvalue weighted by atomic mass is 10.2. The molecule has 0 spiro atoms. The Morgan fingerprint density at radius 2 is 2.05 bits per heavy atom. The van der Waals surface area contributed by atoms with E-state index in [0.29, 0.717) is 19.7 Å². The number of ether oxygens (including phenoxy) is 1. The molecule has 0 unspecified atom stereocenters. The zero-order chi connectivity index (χ0) is 14.7. The lowest BCUT2D eigenvalue weighted by Crippen LogP contribution is -2.22. The van der Waals surface area contributed by atoms with E-state index in [-0.39, 0.29) is 5.56 Å². The second kappa shape index (κ2) is 5.88. The van der Waals surface area contributed by atoms with Gasteiger partial charge in [-0.25, -0.2) is 0 Å². The van der Waals surface area contributed by atoms with Crippen molar-refractivity contribution in [3.8, 4) is 0 Å². The minimum Gasteiger partial charge on any atom is -0.378 e. The first-order valence-electron chi connectivity index (χ1n) is 6.74. The number of pyridine rings is 1. The molecule has 0 bridgehead atoms. The summed E-state index contributed by atoms with van der Waals surface area (Å²) >= 11 is 0. The van der Waals surface area contributed by atoms with Gasteiger partial charge in [-0.05, 0) is 17.5 Å². The molecule has 0 saturated carbocycles. The summed E-state index contributed by atoms with van der Waals surface area (Å²) in [4.78, 5) is 12.4. The smallest absolute Gasteiger partial charge is 0.258 e. The molecule has 0 aliphatic carbocycles. The minimum absolute atomic E-state index is 0.0188. The van der Waals surface area contributed by atoms with E-state index in [4.69, 9.17) is 4.74 Å². The molecule has 0 radical (unpaired) electrons. The predicted molar refractivity (Wildman–Crippen MR) is 78.9 cm³/mol. The van der Waals surface area contributed by atoms with Crippen LogP contribution in [-0.4, -0.2) is 26.7 Å². The number of benzene rings is 1. The molecule has 3 aromatic rings. The Morgan fingerprint density at radius 3 is 2.90 bits per heavy atom. The minimum atomic E-state index is 0.0188. The highest BCUT2D eigenvalue weighted by molar-refractivity contribution is 5.81. The van der Waals surface area contributed by atoms with Crippen molar-refractivity contribution in [1.82, 2.24) is 19.6 Å². The molecule has 0 atom stereocenters. The van der Waals surface area contributed by atoms with E-state index in [1.54, 1.807) is 16.4 Å². The first-order valence-corrected chi connectivity index (χ1v) is 6.74. The predicted octanol–water partition coefficient (Wildman–Crippen LogP) is 1.44. The number of hydrogen-bond donors (Lipinski definition) is 0. The van der Waals surface area contributed by atoms with Crippen LogP contribution in [0.25, 0.3) is 10.8 Å². The molecule has 21 heavy (non-hydrogen) atoms. The molecular weight excluding hydrogens is 268 g/mol. The second-order valence-corrected chi connectivity index (χ2v) is 4.81. The summed E-state index contributed by atoms with van der Waals surface area (Å²) in [5.74, 6) is 0. The maximum absolute atomic E-state index is 12.4. The Balaban J connectivity index is 1.78. The summed E-state index contributed by atoms with van der Waals surface area (Å²) < 4.78 is 8.41. The Kier molecular flexibility index (Phi) is 3.79. The highest BCUT2D eigenvalue weighted by Crippen LogP contribution is 2.08. The summed E-state index contributed by atoms with van der Waals surface area (Å²) in [6, 6.07) is 9.55. The van der Waals surface area contributed by atoms with Crippen molar-refractivity contribution in [2.24, 2.45) is 0 Å². The maximum Gasteiger partial charge on any atom is 0.258 e. The summed E-state index contributed by atoms with van der Waals surface area (Å²) in [5.41, 5.74) is 0.800. The van der Waals surface area contributed by atoms with Crippen LogP contribution < -0.4 is 5.56 Å². The van der Waals surface area contributed by atoms with Gasteiger partial charge in [0.05, 0.1) is 19.3 Å².